The Balaban J connectivity index is 2.12. The molecule has 2 rings (SSSR count). The van der Waals surface area contributed by atoms with Gasteiger partial charge in [0.1, 0.15) is 0 Å². The number of nitrogens with zero attached hydrogens (tertiary/aromatic N) is 2. The van der Waals surface area contributed by atoms with Gasteiger partial charge in [0.05, 0.1) is 10.0 Å². The van der Waals surface area contributed by atoms with Crippen LogP contribution in [0.4, 0.5) is 0 Å². The molecule has 0 aliphatic carbocycles. The molecule has 2 aromatic rings. The lowest BCUT2D eigenvalue weighted by Crippen LogP contribution is -2.28. The van der Waals surface area contributed by atoms with Crippen LogP contribution in [0.2, 0.25) is 10.0 Å². The first-order valence-electron chi connectivity index (χ1n) is 6.00. The molecular formula is C13H16Cl2N4. The maximum Gasteiger partial charge on any atom is 0.0640 e. The van der Waals surface area contributed by atoms with Gasteiger partial charge in [-0.2, -0.15) is 5.10 Å². The van der Waals surface area contributed by atoms with E-state index in [2.05, 4.69) is 10.5 Å². The predicted molar refractivity (Wildman–Crippen MR) is 78.1 cm³/mol. The molecule has 0 spiro atoms. The summed E-state index contributed by atoms with van der Waals surface area (Å²) in [7, 11) is 1.92. The highest BCUT2D eigenvalue weighted by Gasteiger charge is 2.15. The molecule has 19 heavy (non-hydrogen) atoms. The van der Waals surface area contributed by atoms with Gasteiger partial charge in [-0.15, -0.1) is 0 Å². The molecular weight excluding hydrogens is 283 g/mol. The Labute approximate surface area is 122 Å². The van der Waals surface area contributed by atoms with Gasteiger partial charge in [0.15, 0.2) is 0 Å². The molecule has 4 nitrogen and oxygen atoms in total. The lowest BCUT2D eigenvalue weighted by molar-refractivity contribution is 0.507. The molecule has 0 amide bonds. The van der Waals surface area contributed by atoms with Crippen molar-refractivity contribution >= 4 is 23.2 Å². The molecule has 0 aliphatic rings. The zero-order valence-electron chi connectivity index (χ0n) is 10.6. The molecule has 1 unspecified atom stereocenters. The highest BCUT2D eigenvalue weighted by atomic mass is 35.5. The van der Waals surface area contributed by atoms with E-state index in [0.29, 0.717) is 10.0 Å². The number of nitrogens with one attached hydrogen (secondary N) is 1. The second-order valence-electron chi connectivity index (χ2n) is 4.35. The van der Waals surface area contributed by atoms with Crippen LogP contribution in [0.5, 0.6) is 0 Å². The normalized spacial score (nSPS) is 12.6. The molecule has 6 heteroatoms. The summed E-state index contributed by atoms with van der Waals surface area (Å²) >= 11 is 12.2. The van der Waals surface area contributed by atoms with E-state index in [1.54, 1.807) is 12.3 Å². The summed E-state index contributed by atoms with van der Waals surface area (Å²) in [5.74, 6) is 5.63. The van der Waals surface area contributed by atoms with E-state index in [4.69, 9.17) is 29.0 Å². The molecule has 1 aromatic heterocycles. The fourth-order valence-corrected chi connectivity index (χ4v) is 2.50. The van der Waals surface area contributed by atoms with Crippen LogP contribution in [-0.2, 0) is 13.5 Å². The fraction of sp³-hybridized carbons (Fsp3) is 0.308. The molecule has 1 heterocycles. The first-order chi connectivity index (χ1) is 9.13. The minimum Gasteiger partial charge on any atom is -0.273 e. The largest absolute Gasteiger partial charge is 0.273 e. The summed E-state index contributed by atoms with van der Waals surface area (Å²) in [4.78, 5) is 0. The minimum atomic E-state index is -0.0406. The van der Waals surface area contributed by atoms with Gasteiger partial charge >= 0.3 is 0 Å². The van der Waals surface area contributed by atoms with Gasteiger partial charge < -0.3 is 0 Å². The molecule has 0 fully saturated rings. The number of hydrogen-bond acceptors (Lipinski definition) is 3. The molecule has 102 valence electrons. The number of halogens is 2. The smallest absolute Gasteiger partial charge is 0.0640 e. The molecule has 0 radical (unpaired) electrons. The van der Waals surface area contributed by atoms with Crippen molar-refractivity contribution in [2.45, 2.75) is 18.9 Å². The van der Waals surface area contributed by atoms with E-state index in [0.717, 1.165) is 24.1 Å². The number of hydrazine groups is 1. The van der Waals surface area contributed by atoms with E-state index in [-0.39, 0.29) is 6.04 Å². The van der Waals surface area contributed by atoms with Gasteiger partial charge in [-0.25, -0.2) is 0 Å². The van der Waals surface area contributed by atoms with Crippen molar-refractivity contribution in [3.05, 3.63) is 51.8 Å². The number of benzene rings is 1. The zero-order valence-corrected chi connectivity index (χ0v) is 12.1. The van der Waals surface area contributed by atoms with Crippen LogP contribution in [0.1, 0.15) is 23.7 Å². The van der Waals surface area contributed by atoms with Crippen LogP contribution in [0.3, 0.4) is 0 Å². The third-order valence-corrected chi connectivity index (χ3v) is 4.00. The summed E-state index contributed by atoms with van der Waals surface area (Å²) < 4.78 is 1.85. The standard InChI is InChI=1S/C13H16Cl2N4/c1-19-9(7-8-17-19)5-6-12(18-16)10-3-2-4-11(14)13(10)15/h2-4,7-8,12,18H,5-6,16H2,1H3. The van der Waals surface area contributed by atoms with Crippen LogP contribution in [0, 0.1) is 0 Å². The van der Waals surface area contributed by atoms with E-state index in [1.165, 1.54) is 0 Å². The Morgan fingerprint density at radius 3 is 2.79 bits per heavy atom. The Bertz CT molecular complexity index is 553. The Hall–Kier alpha value is -1.07. The molecule has 1 aromatic carbocycles. The van der Waals surface area contributed by atoms with E-state index in [9.17, 15) is 0 Å². The van der Waals surface area contributed by atoms with Crippen molar-refractivity contribution in [2.75, 3.05) is 0 Å². The van der Waals surface area contributed by atoms with Crippen molar-refractivity contribution in [3.63, 3.8) is 0 Å². The summed E-state index contributed by atoms with van der Waals surface area (Å²) in [6.07, 6.45) is 3.46. The van der Waals surface area contributed by atoms with Gasteiger partial charge in [0.25, 0.3) is 0 Å². The fourth-order valence-electron chi connectivity index (χ4n) is 2.06. The first-order valence-corrected chi connectivity index (χ1v) is 6.76. The zero-order chi connectivity index (χ0) is 13.8. The highest BCUT2D eigenvalue weighted by molar-refractivity contribution is 6.42. The quantitative estimate of drug-likeness (QED) is 0.659. The van der Waals surface area contributed by atoms with Crippen LogP contribution >= 0.6 is 23.2 Å². The lowest BCUT2D eigenvalue weighted by Gasteiger charge is -2.18. The molecule has 0 bridgehead atoms. The van der Waals surface area contributed by atoms with Crippen molar-refractivity contribution in [2.24, 2.45) is 12.9 Å². The van der Waals surface area contributed by atoms with Crippen molar-refractivity contribution in [3.8, 4) is 0 Å². The van der Waals surface area contributed by atoms with Crippen molar-refractivity contribution in [1.82, 2.24) is 15.2 Å². The maximum absolute atomic E-state index is 6.21. The molecule has 0 aliphatic heterocycles. The lowest BCUT2D eigenvalue weighted by atomic mass is 10.0. The Kier molecular flexibility index (Phi) is 4.82. The third kappa shape index (κ3) is 3.28. The average molecular weight is 299 g/mol. The van der Waals surface area contributed by atoms with Gasteiger partial charge in [-0.3, -0.25) is 16.0 Å². The number of hydrogen-bond donors (Lipinski definition) is 2. The van der Waals surface area contributed by atoms with Gasteiger partial charge in [0, 0.05) is 25.0 Å². The SMILES string of the molecule is Cn1nccc1CCC(NN)c1cccc(Cl)c1Cl. The van der Waals surface area contributed by atoms with E-state index < -0.39 is 0 Å². The summed E-state index contributed by atoms with van der Waals surface area (Å²) in [5.41, 5.74) is 4.86. The van der Waals surface area contributed by atoms with Crippen molar-refractivity contribution < 1.29 is 0 Å². The molecule has 3 N–H and O–H groups in total. The summed E-state index contributed by atoms with van der Waals surface area (Å²) in [5, 5.41) is 5.24. The van der Waals surface area contributed by atoms with Crippen molar-refractivity contribution in [1.29, 1.82) is 0 Å². The Morgan fingerprint density at radius 1 is 1.37 bits per heavy atom. The monoisotopic (exact) mass is 298 g/mol. The molecule has 0 saturated carbocycles. The summed E-state index contributed by atoms with van der Waals surface area (Å²) in [6, 6.07) is 7.52. The molecule has 0 saturated heterocycles. The van der Waals surface area contributed by atoms with E-state index >= 15 is 0 Å². The topological polar surface area (TPSA) is 55.9 Å². The number of rotatable bonds is 5. The maximum atomic E-state index is 6.21. The average Bonchev–Trinajstić information content (AvgIpc) is 2.80. The number of nitrogens with two attached hydrogens (primary N) is 1. The first kappa shape index (κ1) is 14.3. The minimum absolute atomic E-state index is 0.0406. The predicted octanol–water partition coefficient (Wildman–Crippen LogP) is 2.86. The van der Waals surface area contributed by atoms with Crippen LogP contribution in [0.15, 0.2) is 30.5 Å². The summed E-state index contributed by atoms with van der Waals surface area (Å²) in [6.45, 7) is 0. The van der Waals surface area contributed by atoms with Gasteiger partial charge in [0.2, 0.25) is 0 Å². The van der Waals surface area contributed by atoms with Crippen LogP contribution in [-0.4, -0.2) is 9.78 Å². The Morgan fingerprint density at radius 2 is 2.16 bits per heavy atom. The van der Waals surface area contributed by atoms with E-state index in [1.807, 2.05) is 29.9 Å². The number of aryl methyl sites for hydroxylation is 2. The second kappa shape index (κ2) is 6.39. The van der Waals surface area contributed by atoms with Crippen LogP contribution < -0.4 is 11.3 Å². The highest BCUT2D eigenvalue weighted by Crippen LogP contribution is 2.31. The van der Waals surface area contributed by atoms with Crippen LogP contribution in [0.25, 0.3) is 0 Å². The van der Waals surface area contributed by atoms with Gasteiger partial charge in [-0.05, 0) is 30.5 Å². The van der Waals surface area contributed by atoms with Gasteiger partial charge in [-0.1, -0.05) is 35.3 Å². The third-order valence-electron chi connectivity index (χ3n) is 3.17. The second-order valence-corrected chi connectivity index (χ2v) is 5.13. The number of aromatic nitrogens is 2. The molecule has 1 atom stereocenters.